The quantitative estimate of drug-likeness (QED) is 0.726. The van der Waals surface area contributed by atoms with E-state index in [9.17, 15) is 4.79 Å². The lowest BCUT2D eigenvalue weighted by atomic mass is 10.2. The maximum absolute atomic E-state index is 12.9. The molecule has 3 heterocycles. The van der Waals surface area contributed by atoms with Crippen molar-refractivity contribution in [2.75, 3.05) is 33.7 Å². The number of likely N-dealkylation sites (N-methyl/N-ethyl adjacent to an activating group) is 2. The van der Waals surface area contributed by atoms with Crippen molar-refractivity contribution in [3.8, 4) is 0 Å². The van der Waals surface area contributed by atoms with Crippen LogP contribution in [-0.2, 0) is 17.9 Å². The van der Waals surface area contributed by atoms with Gasteiger partial charge in [0.05, 0.1) is 25.0 Å². The van der Waals surface area contributed by atoms with Crippen molar-refractivity contribution >= 4 is 5.91 Å². The summed E-state index contributed by atoms with van der Waals surface area (Å²) in [6, 6.07) is 10.1. The molecule has 6 nitrogen and oxygen atoms in total. The van der Waals surface area contributed by atoms with E-state index in [0.29, 0.717) is 25.6 Å². The lowest BCUT2D eigenvalue weighted by molar-refractivity contribution is -0.133. The Balaban J connectivity index is 1.58. The lowest BCUT2D eigenvalue weighted by Gasteiger charge is -2.26. The van der Waals surface area contributed by atoms with Crippen molar-refractivity contribution in [2.24, 2.45) is 0 Å². The van der Waals surface area contributed by atoms with Crippen LogP contribution in [0.15, 0.2) is 47.2 Å². The number of nitrogens with zero attached hydrogens (tertiary/aromatic N) is 4. The first-order chi connectivity index (χ1) is 12.6. The van der Waals surface area contributed by atoms with Gasteiger partial charge in [0.2, 0.25) is 5.91 Å². The number of likely N-dealkylation sites (tertiary alicyclic amines) is 1. The van der Waals surface area contributed by atoms with E-state index >= 15 is 0 Å². The van der Waals surface area contributed by atoms with Crippen molar-refractivity contribution in [1.29, 1.82) is 0 Å². The summed E-state index contributed by atoms with van der Waals surface area (Å²) in [6.07, 6.45) is 5.08. The lowest BCUT2D eigenvalue weighted by Crippen LogP contribution is -2.38. The highest BCUT2D eigenvalue weighted by molar-refractivity contribution is 5.76. The molecule has 2 aromatic heterocycles. The van der Waals surface area contributed by atoms with Crippen molar-refractivity contribution in [3.05, 3.63) is 54.2 Å². The molecule has 1 atom stereocenters. The maximum Gasteiger partial charge on any atom is 0.224 e. The summed E-state index contributed by atoms with van der Waals surface area (Å²) in [5.41, 5.74) is 0.887. The molecule has 0 aliphatic carbocycles. The van der Waals surface area contributed by atoms with Gasteiger partial charge in [-0.05, 0) is 51.3 Å². The molecule has 6 heteroatoms. The Hall–Kier alpha value is -2.18. The van der Waals surface area contributed by atoms with Crippen molar-refractivity contribution in [3.63, 3.8) is 0 Å². The van der Waals surface area contributed by atoms with Crippen LogP contribution in [0.1, 0.15) is 24.3 Å². The van der Waals surface area contributed by atoms with Gasteiger partial charge in [-0.25, -0.2) is 0 Å². The third-order valence-electron chi connectivity index (χ3n) is 5.03. The van der Waals surface area contributed by atoms with Crippen LogP contribution in [0.4, 0.5) is 0 Å². The van der Waals surface area contributed by atoms with E-state index in [1.165, 1.54) is 6.42 Å². The second kappa shape index (κ2) is 8.96. The fourth-order valence-electron chi connectivity index (χ4n) is 3.39. The Morgan fingerprint density at radius 2 is 2.19 bits per heavy atom. The zero-order valence-corrected chi connectivity index (χ0v) is 15.7. The van der Waals surface area contributed by atoms with Crippen LogP contribution in [0.5, 0.6) is 0 Å². The minimum atomic E-state index is 0.130. The van der Waals surface area contributed by atoms with E-state index in [-0.39, 0.29) is 5.91 Å². The fourth-order valence-corrected chi connectivity index (χ4v) is 3.39. The summed E-state index contributed by atoms with van der Waals surface area (Å²) in [4.78, 5) is 23.7. The molecule has 0 saturated carbocycles. The molecule has 1 aliphatic rings. The molecular formula is C20H28N4O2. The summed E-state index contributed by atoms with van der Waals surface area (Å²) in [7, 11) is 4.27. The average Bonchev–Trinajstić information content (AvgIpc) is 3.31. The van der Waals surface area contributed by atoms with Crippen LogP contribution in [0.3, 0.4) is 0 Å². The van der Waals surface area contributed by atoms with Crippen LogP contribution in [-0.4, -0.2) is 65.4 Å². The van der Waals surface area contributed by atoms with E-state index in [2.05, 4.69) is 28.9 Å². The molecule has 1 aliphatic heterocycles. The first-order valence-corrected chi connectivity index (χ1v) is 9.20. The molecule has 26 heavy (non-hydrogen) atoms. The second-order valence-corrected chi connectivity index (χ2v) is 7.09. The Morgan fingerprint density at radius 3 is 2.85 bits per heavy atom. The van der Waals surface area contributed by atoms with Crippen molar-refractivity contribution in [2.45, 2.75) is 32.0 Å². The first-order valence-electron chi connectivity index (χ1n) is 9.20. The summed E-state index contributed by atoms with van der Waals surface area (Å²) >= 11 is 0. The van der Waals surface area contributed by atoms with Gasteiger partial charge in [0.25, 0.3) is 0 Å². The van der Waals surface area contributed by atoms with Crippen LogP contribution < -0.4 is 0 Å². The van der Waals surface area contributed by atoms with Crippen molar-refractivity contribution in [1.82, 2.24) is 19.7 Å². The number of carbonyl (C=O) groups excluding carboxylic acids is 1. The first kappa shape index (κ1) is 18.6. The van der Waals surface area contributed by atoms with Gasteiger partial charge in [-0.3, -0.25) is 9.78 Å². The highest BCUT2D eigenvalue weighted by Gasteiger charge is 2.24. The third kappa shape index (κ3) is 5.16. The molecule has 0 aromatic carbocycles. The minimum Gasteiger partial charge on any atom is -0.467 e. The zero-order valence-electron chi connectivity index (χ0n) is 15.7. The smallest absolute Gasteiger partial charge is 0.224 e. The number of amides is 1. The summed E-state index contributed by atoms with van der Waals surface area (Å²) in [5, 5.41) is 0. The van der Waals surface area contributed by atoms with Crippen LogP contribution >= 0.6 is 0 Å². The van der Waals surface area contributed by atoms with E-state index in [4.69, 9.17) is 4.42 Å². The van der Waals surface area contributed by atoms with Gasteiger partial charge in [-0.1, -0.05) is 6.07 Å². The molecular weight excluding hydrogens is 328 g/mol. The summed E-state index contributed by atoms with van der Waals surface area (Å²) in [6.45, 7) is 3.95. The number of hydrogen-bond acceptors (Lipinski definition) is 5. The summed E-state index contributed by atoms with van der Waals surface area (Å²) in [5.74, 6) is 0.922. The molecule has 3 rings (SSSR count). The monoisotopic (exact) mass is 356 g/mol. The fraction of sp³-hybridized carbons (Fsp3) is 0.500. The average molecular weight is 356 g/mol. The molecule has 0 unspecified atom stereocenters. The van der Waals surface area contributed by atoms with Gasteiger partial charge in [-0.15, -0.1) is 0 Å². The summed E-state index contributed by atoms with van der Waals surface area (Å²) < 4.78 is 5.44. The van der Waals surface area contributed by atoms with Gasteiger partial charge in [0.1, 0.15) is 5.76 Å². The molecule has 0 radical (unpaired) electrons. The van der Waals surface area contributed by atoms with Gasteiger partial charge in [0.15, 0.2) is 0 Å². The standard InChI is InChI=1S/C20H28N4O2/c1-22-11-8-18(15-22)23(2)12-9-20(25)24(16-19-7-5-13-26-19)14-17-6-3-4-10-21-17/h3-7,10,13,18H,8-9,11-12,14-16H2,1-2H3/t18-/m0/s1. The molecule has 0 spiro atoms. The van der Waals surface area contributed by atoms with Crippen LogP contribution in [0, 0.1) is 0 Å². The number of aromatic nitrogens is 1. The number of hydrogen-bond donors (Lipinski definition) is 0. The van der Waals surface area contributed by atoms with Gasteiger partial charge in [-0.2, -0.15) is 0 Å². The molecule has 0 N–H and O–H groups in total. The van der Waals surface area contributed by atoms with E-state index in [1.807, 2.05) is 35.2 Å². The topological polar surface area (TPSA) is 52.8 Å². The SMILES string of the molecule is CN1CC[C@H](N(C)CCC(=O)N(Cc2ccccn2)Cc2ccco2)C1. The number of furan rings is 1. The number of carbonyl (C=O) groups is 1. The molecule has 1 amide bonds. The van der Waals surface area contributed by atoms with Crippen LogP contribution in [0.2, 0.25) is 0 Å². The Kier molecular flexibility index (Phi) is 6.41. The van der Waals surface area contributed by atoms with Crippen molar-refractivity contribution < 1.29 is 9.21 Å². The molecule has 1 saturated heterocycles. The Morgan fingerprint density at radius 1 is 1.31 bits per heavy atom. The highest BCUT2D eigenvalue weighted by atomic mass is 16.3. The molecule has 1 fully saturated rings. The zero-order chi connectivity index (χ0) is 18.4. The second-order valence-electron chi connectivity index (χ2n) is 7.09. The van der Waals surface area contributed by atoms with E-state index in [0.717, 1.165) is 31.1 Å². The normalized spacial score (nSPS) is 17.7. The molecule has 140 valence electrons. The number of rotatable bonds is 8. The largest absolute Gasteiger partial charge is 0.467 e. The Labute approximate surface area is 155 Å². The van der Waals surface area contributed by atoms with Gasteiger partial charge >= 0.3 is 0 Å². The van der Waals surface area contributed by atoms with E-state index < -0.39 is 0 Å². The highest BCUT2D eigenvalue weighted by Crippen LogP contribution is 2.14. The van der Waals surface area contributed by atoms with Gasteiger partial charge in [0, 0.05) is 31.7 Å². The Bertz CT molecular complexity index is 674. The maximum atomic E-state index is 12.9. The van der Waals surface area contributed by atoms with E-state index in [1.54, 1.807) is 12.5 Å². The molecule has 2 aromatic rings. The molecule has 0 bridgehead atoms. The van der Waals surface area contributed by atoms with Gasteiger partial charge < -0.3 is 19.1 Å². The minimum absolute atomic E-state index is 0.130. The third-order valence-corrected chi connectivity index (χ3v) is 5.03. The predicted octanol–water partition coefficient (Wildman–Crippen LogP) is 2.23. The number of pyridine rings is 1. The predicted molar refractivity (Wildman–Crippen MR) is 100 cm³/mol. The van der Waals surface area contributed by atoms with Crippen LogP contribution in [0.25, 0.3) is 0 Å².